The highest BCUT2D eigenvalue weighted by atomic mass is 16.1. The van der Waals surface area contributed by atoms with E-state index in [1.54, 1.807) is 6.08 Å². The van der Waals surface area contributed by atoms with E-state index in [2.05, 4.69) is 38.2 Å². The molecule has 0 saturated carbocycles. The summed E-state index contributed by atoms with van der Waals surface area (Å²) in [5.74, 6) is 0.453. The lowest BCUT2D eigenvalue weighted by molar-refractivity contribution is -0.116. The molecule has 0 aromatic heterocycles. The Morgan fingerprint density at radius 2 is 1.94 bits per heavy atom. The van der Waals surface area contributed by atoms with E-state index in [4.69, 9.17) is 0 Å². The Hall–Kier alpha value is -1.57. The second-order valence-corrected chi connectivity index (χ2v) is 4.57. The summed E-state index contributed by atoms with van der Waals surface area (Å²) in [4.78, 5) is 11.4. The Morgan fingerprint density at radius 1 is 1.29 bits per heavy atom. The second-order valence-electron chi connectivity index (χ2n) is 4.57. The van der Waals surface area contributed by atoms with Gasteiger partial charge in [-0.05, 0) is 29.5 Å². The molecule has 1 N–H and O–H groups in total. The summed E-state index contributed by atoms with van der Waals surface area (Å²) in [6.07, 6.45) is 4.47. The summed E-state index contributed by atoms with van der Waals surface area (Å²) in [7, 11) is 0. The van der Waals surface area contributed by atoms with Crippen LogP contribution in [0.4, 0.5) is 0 Å². The zero-order valence-electron chi connectivity index (χ0n) is 10.9. The van der Waals surface area contributed by atoms with Crippen molar-refractivity contribution in [3.8, 4) is 0 Å². The average molecular weight is 231 g/mol. The van der Waals surface area contributed by atoms with Crippen molar-refractivity contribution < 1.29 is 4.79 Å². The summed E-state index contributed by atoms with van der Waals surface area (Å²) in [6.45, 7) is 7.00. The molecule has 0 atom stereocenters. The normalized spacial score (nSPS) is 11.1. The summed E-state index contributed by atoms with van der Waals surface area (Å²) >= 11 is 0. The van der Waals surface area contributed by atoms with Crippen molar-refractivity contribution in [1.29, 1.82) is 0 Å². The van der Waals surface area contributed by atoms with Crippen molar-refractivity contribution in [1.82, 2.24) is 5.32 Å². The molecule has 2 heteroatoms. The van der Waals surface area contributed by atoms with Gasteiger partial charge in [-0.3, -0.25) is 4.79 Å². The maximum atomic E-state index is 11.4. The molecule has 92 valence electrons. The lowest BCUT2D eigenvalue weighted by Gasteiger charge is -2.04. The maximum absolute atomic E-state index is 11.4. The van der Waals surface area contributed by atoms with Gasteiger partial charge in [-0.25, -0.2) is 0 Å². The van der Waals surface area contributed by atoms with Gasteiger partial charge in [0.15, 0.2) is 0 Å². The number of benzene rings is 1. The van der Waals surface area contributed by atoms with Crippen molar-refractivity contribution >= 4 is 12.0 Å². The van der Waals surface area contributed by atoms with Crippen LogP contribution in [0.15, 0.2) is 30.3 Å². The fourth-order valence-corrected chi connectivity index (χ4v) is 1.40. The van der Waals surface area contributed by atoms with Crippen LogP contribution in [0.2, 0.25) is 0 Å². The van der Waals surface area contributed by atoms with Crippen LogP contribution in [0.1, 0.15) is 31.9 Å². The first-order chi connectivity index (χ1) is 8.11. The van der Waals surface area contributed by atoms with E-state index < -0.39 is 0 Å². The van der Waals surface area contributed by atoms with E-state index in [9.17, 15) is 4.79 Å². The zero-order chi connectivity index (χ0) is 12.7. The maximum Gasteiger partial charge on any atom is 0.244 e. The zero-order valence-corrected chi connectivity index (χ0v) is 10.9. The standard InChI is InChI=1S/C15H21NO/c1-4-13-5-7-14(8-6-13)9-10-15(17)16-11-12(2)3/h5-10,12H,4,11H2,1-3H3,(H,16,17). The molecular formula is C15H21NO. The van der Waals surface area contributed by atoms with Crippen LogP contribution in [0, 0.1) is 5.92 Å². The largest absolute Gasteiger partial charge is 0.352 e. The Kier molecular flexibility index (Phi) is 5.47. The van der Waals surface area contributed by atoms with Crippen LogP contribution in [0.5, 0.6) is 0 Å². The number of hydrogen-bond donors (Lipinski definition) is 1. The molecule has 0 radical (unpaired) electrons. The number of nitrogens with one attached hydrogen (secondary N) is 1. The molecule has 0 unspecified atom stereocenters. The molecule has 0 fully saturated rings. The molecule has 0 spiro atoms. The highest BCUT2D eigenvalue weighted by Gasteiger charge is 1.97. The third-order valence-corrected chi connectivity index (χ3v) is 2.50. The minimum absolute atomic E-state index is 0.0294. The van der Waals surface area contributed by atoms with Crippen LogP contribution in [-0.4, -0.2) is 12.5 Å². The average Bonchev–Trinajstić information content (AvgIpc) is 2.34. The van der Waals surface area contributed by atoms with Gasteiger partial charge in [-0.1, -0.05) is 45.0 Å². The monoisotopic (exact) mass is 231 g/mol. The van der Waals surface area contributed by atoms with Crippen LogP contribution in [0.3, 0.4) is 0 Å². The molecule has 1 aromatic carbocycles. The van der Waals surface area contributed by atoms with Crippen molar-refractivity contribution in [2.24, 2.45) is 5.92 Å². The minimum atomic E-state index is -0.0294. The second kappa shape index (κ2) is 6.89. The van der Waals surface area contributed by atoms with Gasteiger partial charge in [0.1, 0.15) is 0 Å². The van der Waals surface area contributed by atoms with Crippen molar-refractivity contribution in [2.75, 3.05) is 6.54 Å². The summed E-state index contributed by atoms with van der Waals surface area (Å²) in [5, 5.41) is 2.85. The SMILES string of the molecule is CCc1ccc(C=CC(=O)NCC(C)C)cc1. The van der Waals surface area contributed by atoms with Crippen molar-refractivity contribution in [2.45, 2.75) is 27.2 Å². The molecular weight excluding hydrogens is 210 g/mol. The van der Waals surface area contributed by atoms with E-state index in [1.807, 2.05) is 18.2 Å². The quantitative estimate of drug-likeness (QED) is 0.775. The number of carbonyl (C=O) groups excluding carboxylic acids is 1. The first-order valence-corrected chi connectivity index (χ1v) is 6.16. The predicted octanol–water partition coefficient (Wildman–Crippen LogP) is 3.03. The first-order valence-electron chi connectivity index (χ1n) is 6.16. The minimum Gasteiger partial charge on any atom is -0.352 e. The van der Waals surface area contributed by atoms with Gasteiger partial charge >= 0.3 is 0 Å². The third-order valence-electron chi connectivity index (χ3n) is 2.50. The Balaban J connectivity index is 2.49. The highest BCUT2D eigenvalue weighted by molar-refractivity contribution is 5.91. The molecule has 0 bridgehead atoms. The number of aryl methyl sites for hydroxylation is 1. The fourth-order valence-electron chi connectivity index (χ4n) is 1.40. The smallest absolute Gasteiger partial charge is 0.244 e. The number of amides is 1. The van der Waals surface area contributed by atoms with Gasteiger partial charge in [-0.2, -0.15) is 0 Å². The Labute approximate surface area is 104 Å². The van der Waals surface area contributed by atoms with E-state index in [0.717, 1.165) is 18.5 Å². The van der Waals surface area contributed by atoms with Gasteiger partial charge in [-0.15, -0.1) is 0 Å². The molecule has 0 aliphatic carbocycles. The van der Waals surface area contributed by atoms with Crippen LogP contribution < -0.4 is 5.32 Å². The Morgan fingerprint density at radius 3 is 2.47 bits per heavy atom. The lowest BCUT2D eigenvalue weighted by atomic mass is 10.1. The summed E-state index contributed by atoms with van der Waals surface area (Å²) < 4.78 is 0. The van der Waals surface area contributed by atoms with Gasteiger partial charge in [0.2, 0.25) is 5.91 Å². The fraction of sp³-hybridized carbons (Fsp3) is 0.400. The highest BCUT2D eigenvalue weighted by Crippen LogP contribution is 2.06. The summed E-state index contributed by atoms with van der Waals surface area (Å²) in [5.41, 5.74) is 2.37. The topological polar surface area (TPSA) is 29.1 Å². The molecule has 0 saturated heterocycles. The number of hydrogen-bond acceptors (Lipinski definition) is 1. The van der Waals surface area contributed by atoms with E-state index >= 15 is 0 Å². The first kappa shape index (κ1) is 13.5. The third kappa shape index (κ3) is 5.34. The lowest BCUT2D eigenvalue weighted by Crippen LogP contribution is -2.25. The molecule has 0 aliphatic rings. The molecule has 17 heavy (non-hydrogen) atoms. The van der Waals surface area contributed by atoms with E-state index in [1.165, 1.54) is 5.56 Å². The van der Waals surface area contributed by atoms with Gasteiger partial charge < -0.3 is 5.32 Å². The van der Waals surface area contributed by atoms with Gasteiger partial charge in [0.25, 0.3) is 0 Å². The number of carbonyl (C=O) groups is 1. The van der Waals surface area contributed by atoms with Crippen LogP contribution >= 0.6 is 0 Å². The molecule has 0 aliphatic heterocycles. The van der Waals surface area contributed by atoms with Crippen molar-refractivity contribution in [3.63, 3.8) is 0 Å². The van der Waals surface area contributed by atoms with Crippen LogP contribution in [0.25, 0.3) is 6.08 Å². The van der Waals surface area contributed by atoms with E-state index in [-0.39, 0.29) is 5.91 Å². The number of rotatable bonds is 5. The predicted molar refractivity (Wildman–Crippen MR) is 72.7 cm³/mol. The molecule has 1 aromatic rings. The molecule has 1 rings (SSSR count). The molecule has 2 nitrogen and oxygen atoms in total. The van der Waals surface area contributed by atoms with Crippen molar-refractivity contribution in [3.05, 3.63) is 41.5 Å². The van der Waals surface area contributed by atoms with Crippen LogP contribution in [-0.2, 0) is 11.2 Å². The summed E-state index contributed by atoms with van der Waals surface area (Å²) in [6, 6.07) is 8.24. The van der Waals surface area contributed by atoms with Gasteiger partial charge in [0, 0.05) is 12.6 Å². The van der Waals surface area contributed by atoms with E-state index in [0.29, 0.717) is 5.92 Å². The van der Waals surface area contributed by atoms with Gasteiger partial charge in [0.05, 0.1) is 0 Å². The molecule has 1 amide bonds. The molecule has 0 heterocycles. The Bertz CT molecular complexity index is 376.